The molecule has 0 fully saturated rings. The van der Waals surface area contributed by atoms with Crippen LogP contribution in [-0.2, 0) is 14.9 Å². The van der Waals surface area contributed by atoms with Gasteiger partial charge in [-0.05, 0) is 71.5 Å². The highest BCUT2D eigenvalue weighted by Gasteiger charge is 2.45. The van der Waals surface area contributed by atoms with Crippen LogP contribution in [0.3, 0.4) is 0 Å². The Hall–Kier alpha value is -3.60. The Morgan fingerprint density at radius 1 is 0.486 bits per heavy atom. The summed E-state index contributed by atoms with van der Waals surface area (Å²) in [5.41, 5.74) is 7.07. The Kier molecular flexibility index (Phi) is 7.88. The molecule has 1 aliphatic carbocycles. The van der Waals surface area contributed by atoms with Crippen LogP contribution >= 0.6 is 0 Å². The third-order valence-electron chi connectivity index (χ3n) is 6.93. The lowest BCUT2D eigenvalue weighted by molar-refractivity contribution is 0.110. The molecule has 4 aromatic carbocycles. The average Bonchev–Trinajstić information content (AvgIpc) is 3.25. The molecule has 0 aromatic heterocycles. The minimum Gasteiger partial charge on any atom is -0.491 e. The van der Waals surface area contributed by atoms with Gasteiger partial charge in [0.2, 0.25) is 0 Å². The summed E-state index contributed by atoms with van der Waals surface area (Å²) in [6.07, 6.45) is 0. The fraction of sp³-hybridized carbons (Fsp3) is 0.273. The minimum atomic E-state index is -0.444. The van der Waals surface area contributed by atoms with Gasteiger partial charge < -0.3 is 18.9 Å². The highest BCUT2D eigenvalue weighted by Crippen LogP contribution is 2.56. The van der Waals surface area contributed by atoms with E-state index in [1.807, 2.05) is 13.8 Å². The van der Waals surface area contributed by atoms with Gasteiger partial charge in [0.05, 0.1) is 18.6 Å². The standard InChI is InChI=1S/C33H34O4/c1-3-34-21-23-36-27-17-13-25(14-18-27)33(26-15-19-28(20-16-26)37-24-22-35-4-2)31-11-7-5-9-29(31)30-10-6-8-12-32(30)33/h5-20H,3-4,21-24H2,1-2H3. The second-order valence-electron chi connectivity index (χ2n) is 8.98. The molecule has 5 rings (SSSR count). The molecule has 0 N–H and O–H groups in total. The highest BCUT2D eigenvalue weighted by molar-refractivity contribution is 5.86. The van der Waals surface area contributed by atoms with Gasteiger partial charge in [-0.1, -0.05) is 72.8 Å². The van der Waals surface area contributed by atoms with Crippen molar-refractivity contribution in [2.75, 3.05) is 39.6 Å². The van der Waals surface area contributed by atoms with Crippen LogP contribution in [0.25, 0.3) is 11.1 Å². The van der Waals surface area contributed by atoms with Crippen LogP contribution in [0.1, 0.15) is 36.1 Å². The van der Waals surface area contributed by atoms with Gasteiger partial charge >= 0.3 is 0 Å². The average molecular weight is 495 g/mol. The molecule has 0 amide bonds. The maximum absolute atomic E-state index is 5.92. The lowest BCUT2D eigenvalue weighted by Crippen LogP contribution is -2.28. The molecule has 0 saturated carbocycles. The normalized spacial score (nSPS) is 13.1. The summed E-state index contributed by atoms with van der Waals surface area (Å²) in [7, 11) is 0. The quantitative estimate of drug-likeness (QED) is 0.177. The third kappa shape index (κ3) is 4.87. The molecule has 0 aliphatic heterocycles. The number of rotatable bonds is 12. The van der Waals surface area contributed by atoms with Gasteiger partial charge in [-0.3, -0.25) is 0 Å². The Labute approximate surface area is 219 Å². The molecule has 1 aliphatic rings. The van der Waals surface area contributed by atoms with Crippen molar-refractivity contribution in [1.82, 2.24) is 0 Å². The van der Waals surface area contributed by atoms with Crippen molar-refractivity contribution >= 4 is 0 Å². The van der Waals surface area contributed by atoms with Gasteiger partial charge in [0, 0.05) is 13.2 Å². The van der Waals surface area contributed by atoms with Crippen molar-refractivity contribution in [2.45, 2.75) is 19.3 Å². The Bertz CT molecular complexity index is 1190. The second-order valence-corrected chi connectivity index (χ2v) is 8.98. The van der Waals surface area contributed by atoms with E-state index in [2.05, 4.69) is 97.1 Å². The third-order valence-corrected chi connectivity index (χ3v) is 6.93. The zero-order valence-corrected chi connectivity index (χ0v) is 21.6. The molecule has 190 valence electrons. The largest absolute Gasteiger partial charge is 0.491 e. The second kappa shape index (κ2) is 11.6. The van der Waals surface area contributed by atoms with Gasteiger partial charge in [-0.15, -0.1) is 0 Å². The van der Waals surface area contributed by atoms with Crippen LogP contribution in [0.5, 0.6) is 11.5 Å². The number of benzene rings is 4. The zero-order valence-electron chi connectivity index (χ0n) is 21.6. The summed E-state index contributed by atoms with van der Waals surface area (Å²) in [5.74, 6) is 1.69. The summed E-state index contributed by atoms with van der Waals surface area (Å²) in [5, 5.41) is 0. The summed E-state index contributed by atoms with van der Waals surface area (Å²) in [6, 6.07) is 34.5. The predicted octanol–water partition coefficient (Wildman–Crippen LogP) is 6.88. The summed E-state index contributed by atoms with van der Waals surface area (Å²) in [4.78, 5) is 0. The summed E-state index contributed by atoms with van der Waals surface area (Å²) < 4.78 is 22.7. The lowest BCUT2D eigenvalue weighted by Gasteiger charge is -2.34. The van der Waals surface area contributed by atoms with E-state index >= 15 is 0 Å². The van der Waals surface area contributed by atoms with Crippen LogP contribution in [0, 0.1) is 0 Å². The van der Waals surface area contributed by atoms with Crippen molar-refractivity contribution in [3.8, 4) is 22.6 Å². The molecule has 4 nitrogen and oxygen atoms in total. The molecule has 0 heterocycles. The van der Waals surface area contributed by atoms with Gasteiger partial charge in [0.25, 0.3) is 0 Å². The zero-order chi connectivity index (χ0) is 25.5. The van der Waals surface area contributed by atoms with E-state index in [9.17, 15) is 0 Å². The van der Waals surface area contributed by atoms with E-state index in [4.69, 9.17) is 18.9 Å². The lowest BCUT2D eigenvalue weighted by atomic mass is 9.68. The first-order valence-corrected chi connectivity index (χ1v) is 13.1. The molecular weight excluding hydrogens is 460 g/mol. The molecule has 0 bridgehead atoms. The Morgan fingerprint density at radius 2 is 0.892 bits per heavy atom. The van der Waals surface area contributed by atoms with E-state index < -0.39 is 5.41 Å². The molecule has 0 spiro atoms. The van der Waals surface area contributed by atoms with Crippen molar-refractivity contribution in [2.24, 2.45) is 0 Å². The maximum atomic E-state index is 5.92. The van der Waals surface area contributed by atoms with E-state index in [1.165, 1.54) is 33.4 Å². The number of hydrogen-bond donors (Lipinski definition) is 0. The molecule has 4 aromatic rings. The van der Waals surface area contributed by atoms with Crippen LogP contribution < -0.4 is 9.47 Å². The Balaban J connectivity index is 1.57. The predicted molar refractivity (Wildman–Crippen MR) is 148 cm³/mol. The highest BCUT2D eigenvalue weighted by atomic mass is 16.5. The molecule has 0 atom stereocenters. The maximum Gasteiger partial charge on any atom is 0.119 e. The fourth-order valence-electron chi connectivity index (χ4n) is 5.35. The monoisotopic (exact) mass is 494 g/mol. The van der Waals surface area contributed by atoms with Crippen molar-refractivity contribution in [3.63, 3.8) is 0 Å². The topological polar surface area (TPSA) is 36.9 Å². The first kappa shape index (κ1) is 25.1. The van der Waals surface area contributed by atoms with E-state index in [-0.39, 0.29) is 0 Å². The molecule has 0 unspecified atom stereocenters. The van der Waals surface area contributed by atoms with E-state index in [1.54, 1.807) is 0 Å². The molecular formula is C33H34O4. The number of fused-ring (bicyclic) bond motifs is 3. The van der Waals surface area contributed by atoms with E-state index in [0.29, 0.717) is 39.6 Å². The SMILES string of the molecule is CCOCCOc1ccc(C2(c3ccc(OCCOCC)cc3)c3ccccc3-c3ccccc32)cc1. The van der Waals surface area contributed by atoms with Gasteiger partial charge in [0.15, 0.2) is 0 Å². The molecule has 37 heavy (non-hydrogen) atoms. The van der Waals surface area contributed by atoms with Crippen LogP contribution in [0.4, 0.5) is 0 Å². The smallest absolute Gasteiger partial charge is 0.119 e. The molecule has 0 saturated heterocycles. The Morgan fingerprint density at radius 3 is 1.30 bits per heavy atom. The number of hydrogen-bond acceptors (Lipinski definition) is 4. The first-order valence-electron chi connectivity index (χ1n) is 13.1. The molecule has 0 radical (unpaired) electrons. The van der Waals surface area contributed by atoms with Crippen molar-refractivity contribution in [1.29, 1.82) is 0 Å². The summed E-state index contributed by atoms with van der Waals surface area (Å²) >= 11 is 0. The van der Waals surface area contributed by atoms with Crippen LogP contribution in [-0.4, -0.2) is 39.6 Å². The van der Waals surface area contributed by atoms with Gasteiger partial charge in [0.1, 0.15) is 24.7 Å². The van der Waals surface area contributed by atoms with Crippen molar-refractivity contribution in [3.05, 3.63) is 119 Å². The van der Waals surface area contributed by atoms with E-state index in [0.717, 1.165) is 11.5 Å². The van der Waals surface area contributed by atoms with Crippen molar-refractivity contribution < 1.29 is 18.9 Å². The van der Waals surface area contributed by atoms with Crippen LogP contribution in [0.15, 0.2) is 97.1 Å². The summed E-state index contributed by atoms with van der Waals surface area (Å²) in [6.45, 7) is 7.61. The molecule has 4 heteroatoms. The number of ether oxygens (including phenoxy) is 4. The first-order chi connectivity index (χ1) is 18.3. The fourth-order valence-corrected chi connectivity index (χ4v) is 5.35. The van der Waals surface area contributed by atoms with Gasteiger partial charge in [-0.2, -0.15) is 0 Å². The van der Waals surface area contributed by atoms with Crippen LogP contribution in [0.2, 0.25) is 0 Å². The minimum absolute atomic E-state index is 0.444. The van der Waals surface area contributed by atoms with Gasteiger partial charge in [-0.25, -0.2) is 0 Å².